The monoisotopic (exact) mass is 278 g/mol. The van der Waals surface area contributed by atoms with Crippen LogP contribution in [0.5, 0.6) is 0 Å². The van der Waals surface area contributed by atoms with Crippen LogP contribution < -0.4 is 16.6 Å². The highest BCUT2D eigenvalue weighted by Crippen LogP contribution is 2.19. The first-order chi connectivity index (χ1) is 9.52. The van der Waals surface area contributed by atoms with Gasteiger partial charge in [0.25, 0.3) is 5.91 Å². The number of nitrogens with zero attached hydrogens (tertiary/aromatic N) is 1. The molecule has 1 aromatic heterocycles. The predicted molar refractivity (Wildman–Crippen MR) is 71.1 cm³/mol. The zero-order valence-corrected chi connectivity index (χ0v) is 10.6. The Morgan fingerprint density at radius 2 is 2.05 bits per heavy atom. The van der Waals surface area contributed by atoms with Gasteiger partial charge in [-0.3, -0.25) is 4.79 Å². The summed E-state index contributed by atoms with van der Waals surface area (Å²) in [6, 6.07) is 5.16. The topological polar surface area (TPSA) is 80.0 Å². The minimum absolute atomic E-state index is 0.239. The molecule has 1 amide bonds. The van der Waals surface area contributed by atoms with Gasteiger partial charge >= 0.3 is 0 Å². The van der Waals surface area contributed by atoms with Gasteiger partial charge in [-0.25, -0.2) is 19.6 Å². The number of hydrazine groups is 1. The second kappa shape index (κ2) is 5.62. The molecule has 7 heteroatoms. The normalized spacial score (nSPS) is 10.2. The van der Waals surface area contributed by atoms with Crippen molar-refractivity contribution >= 4 is 17.4 Å². The molecule has 0 atom stereocenters. The summed E-state index contributed by atoms with van der Waals surface area (Å²) in [5.74, 6) is 2.76. The molecule has 1 heterocycles. The third-order valence-electron chi connectivity index (χ3n) is 2.72. The Bertz CT molecular complexity index is 661. The number of hydrogen-bond acceptors (Lipinski definition) is 4. The van der Waals surface area contributed by atoms with Crippen LogP contribution in [-0.2, 0) is 0 Å². The van der Waals surface area contributed by atoms with Crippen LogP contribution >= 0.6 is 0 Å². The largest absolute Gasteiger partial charge is 0.322 e. The van der Waals surface area contributed by atoms with Crippen molar-refractivity contribution in [3.05, 3.63) is 53.2 Å². The summed E-state index contributed by atoms with van der Waals surface area (Å²) in [6.07, 6.45) is 1.24. The first kappa shape index (κ1) is 13.9. The van der Waals surface area contributed by atoms with Crippen molar-refractivity contribution in [2.45, 2.75) is 6.92 Å². The van der Waals surface area contributed by atoms with Crippen LogP contribution in [0.2, 0.25) is 0 Å². The first-order valence-electron chi connectivity index (χ1n) is 5.71. The molecule has 104 valence electrons. The van der Waals surface area contributed by atoms with Gasteiger partial charge in [0.1, 0.15) is 5.82 Å². The second-order valence-electron chi connectivity index (χ2n) is 4.08. The number of carbonyl (C=O) groups is 1. The minimum Gasteiger partial charge on any atom is -0.322 e. The first-order valence-corrected chi connectivity index (χ1v) is 5.71. The Labute approximate surface area is 113 Å². The number of amides is 1. The lowest BCUT2D eigenvalue weighted by Crippen LogP contribution is -2.18. The fourth-order valence-corrected chi connectivity index (χ4v) is 1.64. The van der Waals surface area contributed by atoms with Crippen molar-refractivity contribution in [2.24, 2.45) is 5.84 Å². The number of carbonyl (C=O) groups excluding carboxylic acids is 1. The lowest BCUT2D eigenvalue weighted by atomic mass is 10.1. The highest BCUT2D eigenvalue weighted by molar-refractivity contribution is 6.05. The fraction of sp³-hybridized carbons (Fsp3) is 0.0769. The van der Waals surface area contributed by atoms with Crippen molar-refractivity contribution < 1.29 is 13.6 Å². The van der Waals surface area contributed by atoms with Crippen molar-refractivity contribution in [1.82, 2.24) is 4.98 Å². The van der Waals surface area contributed by atoms with Crippen LogP contribution in [0.1, 0.15) is 15.9 Å². The van der Waals surface area contributed by atoms with E-state index in [1.807, 2.05) is 5.43 Å². The minimum atomic E-state index is -0.874. The van der Waals surface area contributed by atoms with Gasteiger partial charge in [0, 0.05) is 11.9 Å². The van der Waals surface area contributed by atoms with E-state index in [2.05, 4.69) is 10.3 Å². The molecule has 0 fully saturated rings. The summed E-state index contributed by atoms with van der Waals surface area (Å²) in [5.41, 5.74) is 2.74. The van der Waals surface area contributed by atoms with E-state index >= 15 is 0 Å². The Morgan fingerprint density at radius 3 is 2.75 bits per heavy atom. The number of aryl methyl sites for hydroxylation is 1. The molecular weight excluding hydrogens is 266 g/mol. The van der Waals surface area contributed by atoms with Crippen LogP contribution in [0.15, 0.2) is 30.5 Å². The van der Waals surface area contributed by atoms with Crippen LogP contribution in [0, 0.1) is 18.6 Å². The van der Waals surface area contributed by atoms with E-state index in [1.54, 1.807) is 6.92 Å². The summed E-state index contributed by atoms with van der Waals surface area (Å²) >= 11 is 0. The number of nitrogens with one attached hydrogen (secondary N) is 2. The molecule has 0 aliphatic rings. The molecule has 0 aliphatic carbocycles. The third kappa shape index (κ3) is 2.72. The van der Waals surface area contributed by atoms with Gasteiger partial charge in [0.2, 0.25) is 0 Å². The standard InChI is InChI=1S/C13H12F2N4O/c1-7-2-3-8(14)6-10(7)18-13(20)9-4-5-17-12(19-16)11(9)15/h2-6H,16H2,1H3,(H,17,19)(H,18,20). The summed E-state index contributed by atoms with van der Waals surface area (Å²) in [6.45, 7) is 1.70. The Kier molecular flexibility index (Phi) is 3.90. The molecular formula is C13H12F2N4O. The van der Waals surface area contributed by atoms with E-state index in [1.165, 1.54) is 24.4 Å². The molecule has 1 aromatic carbocycles. The molecule has 2 rings (SSSR count). The summed E-state index contributed by atoms with van der Waals surface area (Å²) in [5, 5.41) is 2.44. The number of pyridine rings is 1. The van der Waals surface area contributed by atoms with Crippen molar-refractivity contribution in [1.29, 1.82) is 0 Å². The molecule has 0 spiro atoms. The van der Waals surface area contributed by atoms with Crippen LogP contribution in [0.4, 0.5) is 20.3 Å². The predicted octanol–water partition coefficient (Wildman–Crippen LogP) is 2.21. The molecule has 0 radical (unpaired) electrons. The van der Waals surface area contributed by atoms with E-state index in [0.29, 0.717) is 5.56 Å². The lowest BCUT2D eigenvalue weighted by molar-refractivity contribution is 0.102. The number of benzene rings is 1. The van der Waals surface area contributed by atoms with Gasteiger partial charge < -0.3 is 10.7 Å². The van der Waals surface area contributed by atoms with Gasteiger partial charge in [-0.15, -0.1) is 0 Å². The molecule has 0 unspecified atom stereocenters. The molecule has 20 heavy (non-hydrogen) atoms. The Morgan fingerprint density at radius 1 is 1.30 bits per heavy atom. The van der Waals surface area contributed by atoms with E-state index in [9.17, 15) is 13.6 Å². The van der Waals surface area contributed by atoms with E-state index in [4.69, 9.17) is 5.84 Å². The van der Waals surface area contributed by atoms with E-state index < -0.39 is 17.5 Å². The number of nitrogen functional groups attached to an aromatic ring is 1. The maximum atomic E-state index is 13.9. The van der Waals surface area contributed by atoms with Crippen molar-refractivity contribution in [3.8, 4) is 0 Å². The zero-order chi connectivity index (χ0) is 14.7. The Hall–Kier alpha value is -2.54. The number of hydrogen-bond donors (Lipinski definition) is 3. The maximum Gasteiger partial charge on any atom is 0.258 e. The third-order valence-corrected chi connectivity index (χ3v) is 2.72. The fourth-order valence-electron chi connectivity index (χ4n) is 1.64. The maximum absolute atomic E-state index is 13.9. The van der Waals surface area contributed by atoms with Crippen LogP contribution in [-0.4, -0.2) is 10.9 Å². The van der Waals surface area contributed by atoms with Gasteiger partial charge in [0.05, 0.1) is 5.56 Å². The van der Waals surface area contributed by atoms with Gasteiger partial charge in [0.15, 0.2) is 11.6 Å². The molecule has 5 nitrogen and oxygen atoms in total. The van der Waals surface area contributed by atoms with Crippen LogP contribution in [0.3, 0.4) is 0 Å². The number of anilines is 2. The Balaban J connectivity index is 2.31. The number of halogens is 2. The summed E-state index contributed by atoms with van der Waals surface area (Å²) < 4.78 is 27.0. The van der Waals surface area contributed by atoms with Crippen LogP contribution in [0.25, 0.3) is 0 Å². The molecule has 4 N–H and O–H groups in total. The van der Waals surface area contributed by atoms with Gasteiger partial charge in [-0.2, -0.15) is 0 Å². The molecule has 0 aliphatic heterocycles. The average Bonchev–Trinajstić information content (AvgIpc) is 2.43. The SMILES string of the molecule is Cc1ccc(F)cc1NC(=O)c1ccnc(NN)c1F. The van der Waals surface area contributed by atoms with E-state index in [0.717, 1.165) is 6.07 Å². The second-order valence-corrected chi connectivity index (χ2v) is 4.08. The molecule has 2 aromatic rings. The average molecular weight is 278 g/mol. The smallest absolute Gasteiger partial charge is 0.258 e. The number of rotatable bonds is 3. The summed E-state index contributed by atoms with van der Waals surface area (Å²) in [7, 11) is 0. The lowest BCUT2D eigenvalue weighted by Gasteiger charge is -2.10. The zero-order valence-electron chi connectivity index (χ0n) is 10.6. The van der Waals surface area contributed by atoms with Crippen molar-refractivity contribution in [3.63, 3.8) is 0 Å². The van der Waals surface area contributed by atoms with Crippen molar-refractivity contribution in [2.75, 3.05) is 10.7 Å². The molecule has 0 saturated carbocycles. The van der Waals surface area contributed by atoms with Gasteiger partial charge in [-0.05, 0) is 30.7 Å². The highest BCUT2D eigenvalue weighted by Gasteiger charge is 2.16. The number of nitrogens with two attached hydrogens (primary N) is 1. The summed E-state index contributed by atoms with van der Waals surface area (Å²) in [4.78, 5) is 15.6. The highest BCUT2D eigenvalue weighted by atomic mass is 19.1. The van der Waals surface area contributed by atoms with Gasteiger partial charge in [-0.1, -0.05) is 6.07 Å². The van der Waals surface area contributed by atoms with E-state index in [-0.39, 0.29) is 17.1 Å². The molecule has 0 saturated heterocycles. The number of aromatic nitrogens is 1. The quantitative estimate of drug-likeness (QED) is 0.594. The molecule has 0 bridgehead atoms.